The largest absolute Gasteiger partial charge is 0.468 e. The molecule has 5 nitrogen and oxygen atoms in total. The van der Waals surface area contributed by atoms with E-state index in [1.807, 2.05) is 0 Å². The molecule has 0 radical (unpaired) electrons. The first-order valence-corrected chi connectivity index (χ1v) is 7.90. The van der Waals surface area contributed by atoms with Crippen LogP contribution in [0.3, 0.4) is 0 Å². The summed E-state index contributed by atoms with van der Waals surface area (Å²) in [5, 5.41) is 2.33. The zero-order valence-electron chi connectivity index (χ0n) is 12.7. The van der Waals surface area contributed by atoms with Gasteiger partial charge in [-0.15, -0.1) is 11.3 Å². The van der Waals surface area contributed by atoms with E-state index in [1.165, 1.54) is 30.6 Å². The molecule has 1 fully saturated rings. The predicted octanol–water partition coefficient (Wildman–Crippen LogP) is 2.58. The van der Waals surface area contributed by atoms with Gasteiger partial charge in [-0.05, 0) is 31.2 Å². The average Bonchev–Trinajstić information content (AvgIpc) is 3.01. The Morgan fingerprint density at radius 2 is 1.96 bits per heavy atom. The molecule has 0 N–H and O–H groups in total. The number of hydrogen-bond acceptors (Lipinski definition) is 5. The molecule has 1 saturated heterocycles. The molecule has 23 heavy (non-hydrogen) atoms. The second-order valence-electron chi connectivity index (χ2n) is 5.76. The van der Waals surface area contributed by atoms with Crippen molar-refractivity contribution in [2.45, 2.75) is 6.92 Å². The van der Waals surface area contributed by atoms with E-state index in [1.54, 1.807) is 29.3 Å². The van der Waals surface area contributed by atoms with Crippen LogP contribution in [0.5, 0.6) is 0 Å². The lowest BCUT2D eigenvalue weighted by Crippen LogP contribution is -2.60. The topological polar surface area (TPSA) is 59.5 Å². The second kappa shape index (κ2) is 5.73. The fourth-order valence-corrected chi connectivity index (χ4v) is 3.37. The molecule has 1 aromatic carbocycles. The Labute approximate surface area is 136 Å². The lowest BCUT2D eigenvalue weighted by Gasteiger charge is -2.45. The molecule has 0 saturated carbocycles. The summed E-state index contributed by atoms with van der Waals surface area (Å²) >= 11 is 1.33. The number of carbonyl (C=O) groups is 2. The lowest BCUT2D eigenvalue weighted by molar-refractivity contribution is -0.159. The minimum atomic E-state index is -0.639. The highest BCUT2D eigenvalue weighted by molar-refractivity contribution is 7.13. The molecule has 1 aromatic heterocycles. The SMILES string of the molecule is COC(=O)C1(C)CN(C(=O)c2csc(-c3ccc(F)cc3)n2)C1. The van der Waals surface area contributed by atoms with Crippen molar-refractivity contribution in [1.29, 1.82) is 0 Å². The van der Waals surface area contributed by atoms with Gasteiger partial charge in [-0.1, -0.05) is 0 Å². The van der Waals surface area contributed by atoms with Crippen LogP contribution in [-0.2, 0) is 9.53 Å². The third-order valence-electron chi connectivity index (χ3n) is 3.86. The summed E-state index contributed by atoms with van der Waals surface area (Å²) in [6.07, 6.45) is 0. The number of methoxy groups -OCH3 is 1. The summed E-state index contributed by atoms with van der Waals surface area (Å²) in [5.41, 5.74) is 0.458. The van der Waals surface area contributed by atoms with E-state index in [9.17, 15) is 14.0 Å². The van der Waals surface area contributed by atoms with Gasteiger partial charge in [0.15, 0.2) is 0 Å². The number of carbonyl (C=O) groups excluding carboxylic acids is 2. The van der Waals surface area contributed by atoms with Crippen molar-refractivity contribution < 1.29 is 18.7 Å². The highest BCUT2D eigenvalue weighted by atomic mass is 32.1. The molecular formula is C16H15FN2O3S. The number of hydrogen-bond donors (Lipinski definition) is 0. The van der Waals surface area contributed by atoms with Crippen LogP contribution in [0.25, 0.3) is 10.6 Å². The van der Waals surface area contributed by atoms with Crippen molar-refractivity contribution in [1.82, 2.24) is 9.88 Å². The first-order chi connectivity index (χ1) is 10.9. The van der Waals surface area contributed by atoms with Crippen molar-refractivity contribution in [3.8, 4) is 10.6 Å². The molecule has 1 aliphatic rings. The minimum Gasteiger partial charge on any atom is -0.468 e. The highest BCUT2D eigenvalue weighted by Crippen LogP contribution is 2.33. The summed E-state index contributed by atoms with van der Waals surface area (Å²) < 4.78 is 17.7. The molecular weight excluding hydrogens is 319 g/mol. The number of rotatable bonds is 3. The molecule has 0 spiro atoms. The Morgan fingerprint density at radius 1 is 1.30 bits per heavy atom. The molecule has 0 aliphatic carbocycles. The van der Waals surface area contributed by atoms with Gasteiger partial charge in [0, 0.05) is 24.0 Å². The van der Waals surface area contributed by atoms with E-state index in [-0.39, 0.29) is 17.7 Å². The van der Waals surface area contributed by atoms with Gasteiger partial charge < -0.3 is 9.64 Å². The summed E-state index contributed by atoms with van der Waals surface area (Å²) in [6.45, 7) is 2.41. The van der Waals surface area contributed by atoms with Crippen molar-refractivity contribution in [3.63, 3.8) is 0 Å². The number of esters is 1. The van der Waals surface area contributed by atoms with Gasteiger partial charge in [0.1, 0.15) is 21.9 Å². The summed E-state index contributed by atoms with van der Waals surface area (Å²) in [6, 6.07) is 5.96. The van der Waals surface area contributed by atoms with Crippen molar-refractivity contribution in [3.05, 3.63) is 41.2 Å². The molecule has 0 unspecified atom stereocenters. The van der Waals surface area contributed by atoms with Gasteiger partial charge in [-0.3, -0.25) is 9.59 Å². The summed E-state index contributed by atoms with van der Waals surface area (Å²) in [5.74, 6) is -0.841. The van der Waals surface area contributed by atoms with Crippen LogP contribution >= 0.6 is 11.3 Å². The van der Waals surface area contributed by atoms with E-state index in [0.29, 0.717) is 23.8 Å². The molecule has 1 amide bonds. The summed E-state index contributed by atoms with van der Waals surface area (Å²) in [7, 11) is 1.34. The average molecular weight is 334 g/mol. The third-order valence-corrected chi connectivity index (χ3v) is 4.75. The fourth-order valence-electron chi connectivity index (χ4n) is 2.57. The smallest absolute Gasteiger partial charge is 0.315 e. The van der Waals surface area contributed by atoms with E-state index in [4.69, 9.17) is 4.74 Å². The predicted molar refractivity (Wildman–Crippen MR) is 83.5 cm³/mol. The molecule has 2 aromatic rings. The molecule has 0 atom stereocenters. The van der Waals surface area contributed by atoms with Crippen LogP contribution < -0.4 is 0 Å². The van der Waals surface area contributed by atoms with Gasteiger partial charge >= 0.3 is 5.97 Å². The highest BCUT2D eigenvalue weighted by Gasteiger charge is 2.48. The first-order valence-electron chi connectivity index (χ1n) is 7.02. The van der Waals surface area contributed by atoms with Crippen LogP contribution in [0.4, 0.5) is 4.39 Å². The molecule has 3 rings (SSSR count). The van der Waals surface area contributed by atoms with E-state index < -0.39 is 5.41 Å². The normalized spacial score (nSPS) is 15.9. The molecule has 0 bridgehead atoms. The van der Waals surface area contributed by atoms with Gasteiger partial charge in [0.2, 0.25) is 0 Å². The molecule has 2 heterocycles. The van der Waals surface area contributed by atoms with Crippen LogP contribution in [0.15, 0.2) is 29.6 Å². The number of benzene rings is 1. The van der Waals surface area contributed by atoms with Crippen molar-refractivity contribution >= 4 is 23.2 Å². The van der Waals surface area contributed by atoms with Gasteiger partial charge in [0.05, 0.1) is 7.11 Å². The van der Waals surface area contributed by atoms with Gasteiger partial charge in [-0.2, -0.15) is 0 Å². The number of nitrogens with zero attached hydrogens (tertiary/aromatic N) is 2. The van der Waals surface area contributed by atoms with Crippen molar-refractivity contribution in [2.24, 2.45) is 5.41 Å². The maximum absolute atomic E-state index is 12.9. The van der Waals surface area contributed by atoms with Gasteiger partial charge in [-0.25, -0.2) is 9.37 Å². The maximum Gasteiger partial charge on any atom is 0.315 e. The standard InChI is InChI=1S/C16H15FN2O3S/c1-16(15(21)22-2)8-19(9-16)14(20)12-7-23-13(18-12)10-3-5-11(17)6-4-10/h3-7H,8-9H2,1-2H3. The van der Waals surface area contributed by atoms with Crippen LogP contribution in [0.1, 0.15) is 17.4 Å². The molecule has 1 aliphatic heterocycles. The molecule has 7 heteroatoms. The Balaban J connectivity index is 1.71. The number of halogens is 1. The Kier molecular flexibility index (Phi) is 3.89. The Morgan fingerprint density at radius 3 is 2.57 bits per heavy atom. The van der Waals surface area contributed by atoms with Crippen LogP contribution in [-0.4, -0.2) is 42.0 Å². The number of thiazole rings is 1. The van der Waals surface area contributed by atoms with Crippen LogP contribution in [0, 0.1) is 11.2 Å². The number of aromatic nitrogens is 1. The monoisotopic (exact) mass is 334 g/mol. The summed E-state index contributed by atoms with van der Waals surface area (Å²) in [4.78, 5) is 29.9. The number of amides is 1. The van der Waals surface area contributed by atoms with Gasteiger partial charge in [0.25, 0.3) is 5.91 Å². The molecule has 120 valence electrons. The quantitative estimate of drug-likeness (QED) is 0.810. The minimum absolute atomic E-state index is 0.212. The van der Waals surface area contributed by atoms with Crippen molar-refractivity contribution in [2.75, 3.05) is 20.2 Å². The van der Waals surface area contributed by atoms with Crippen LogP contribution in [0.2, 0.25) is 0 Å². The zero-order valence-corrected chi connectivity index (χ0v) is 13.5. The lowest BCUT2D eigenvalue weighted by atomic mass is 9.82. The van der Waals surface area contributed by atoms with E-state index in [0.717, 1.165) is 5.56 Å². The van der Waals surface area contributed by atoms with E-state index >= 15 is 0 Å². The van der Waals surface area contributed by atoms with E-state index in [2.05, 4.69) is 4.98 Å². The number of likely N-dealkylation sites (tertiary alicyclic amines) is 1. The third kappa shape index (κ3) is 2.84. The number of ether oxygens (including phenoxy) is 1. The zero-order chi connectivity index (χ0) is 16.6. The fraction of sp³-hybridized carbons (Fsp3) is 0.312. The maximum atomic E-state index is 12.9. The second-order valence-corrected chi connectivity index (χ2v) is 6.62. The Bertz CT molecular complexity index is 751. The first kappa shape index (κ1) is 15.6. The Hall–Kier alpha value is -2.28.